The van der Waals surface area contributed by atoms with E-state index in [1.807, 2.05) is 31.2 Å². The number of esters is 1. The highest BCUT2D eigenvalue weighted by atomic mass is 35.5. The summed E-state index contributed by atoms with van der Waals surface area (Å²) in [4.78, 5) is 23.9. The number of alkyl halides is 1. The molecule has 122 valence electrons. The van der Waals surface area contributed by atoms with Crippen LogP contribution in [-0.2, 0) is 4.79 Å². The molecule has 4 nitrogen and oxygen atoms in total. The minimum Gasteiger partial charge on any atom is -0.452 e. The second-order valence-electron chi connectivity index (χ2n) is 5.55. The highest BCUT2D eigenvalue weighted by molar-refractivity contribution is 6.29. The number of ether oxygens (including phenoxy) is 2. The summed E-state index contributed by atoms with van der Waals surface area (Å²) < 4.78 is 10.7. The first-order chi connectivity index (χ1) is 11.4. The van der Waals surface area contributed by atoms with Crippen LogP contribution < -0.4 is 9.47 Å². The molecule has 2 aromatic carbocycles. The van der Waals surface area contributed by atoms with Crippen molar-refractivity contribution in [3.8, 4) is 11.5 Å². The maximum Gasteiger partial charge on any atom is 0.329 e. The van der Waals surface area contributed by atoms with E-state index in [9.17, 15) is 9.59 Å². The van der Waals surface area contributed by atoms with Gasteiger partial charge in [0.2, 0.25) is 5.78 Å². The molecule has 0 fully saturated rings. The Morgan fingerprint density at radius 2 is 1.92 bits per heavy atom. The molecule has 1 aliphatic heterocycles. The van der Waals surface area contributed by atoms with Crippen molar-refractivity contribution in [2.45, 2.75) is 19.2 Å². The van der Waals surface area contributed by atoms with Crippen molar-refractivity contribution in [2.75, 3.05) is 0 Å². The van der Waals surface area contributed by atoms with Gasteiger partial charge in [0.25, 0.3) is 0 Å². The number of Topliss-reactive ketones (excluding diaryl/α,β-unsaturated/α-hetero) is 1. The third-order valence-electron chi connectivity index (χ3n) is 3.56. The minimum absolute atomic E-state index is 0.200. The molecule has 0 amide bonds. The summed E-state index contributed by atoms with van der Waals surface area (Å²) in [7, 11) is 0. The summed E-state index contributed by atoms with van der Waals surface area (Å²) in [5.74, 6) is 0.134. The molecule has 1 unspecified atom stereocenters. The quantitative estimate of drug-likeness (QED) is 0.364. The normalized spacial score (nSPS) is 15.8. The molecule has 1 heterocycles. The highest BCUT2D eigenvalue weighted by Crippen LogP contribution is 2.35. The van der Waals surface area contributed by atoms with E-state index in [1.54, 1.807) is 18.2 Å². The SMILES string of the molecule is Cc1ccc(/C=C2\Oc3cc(OC(=O)C(C)Cl)ccc3C2=O)cc1. The Labute approximate surface area is 144 Å². The van der Waals surface area contributed by atoms with E-state index in [0.29, 0.717) is 11.3 Å². The third-order valence-corrected chi connectivity index (χ3v) is 3.74. The number of hydrogen-bond acceptors (Lipinski definition) is 4. The van der Waals surface area contributed by atoms with E-state index in [1.165, 1.54) is 13.0 Å². The predicted octanol–water partition coefficient (Wildman–Crippen LogP) is 4.14. The molecule has 0 N–H and O–H groups in total. The Balaban J connectivity index is 1.84. The number of aryl methyl sites for hydroxylation is 1. The first-order valence-corrected chi connectivity index (χ1v) is 7.88. The molecule has 0 radical (unpaired) electrons. The molecule has 0 spiro atoms. The van der Waals surface area contributed by atoms with E-state index in [4.69, 9.17) is 21.1 Å². The molecule has 24 heavy (non-hydrogen) atoms. The average molecular weight is 343 g/mol. The van der Waals surface area contributed by atoms with Crippen LogP contribution >= 0.6 is 11.6 Å². The van der Waals surface area contributed by atoms with Gasteiger partial charge in [-0.2, -0.15) is 0 Å². The Morgan fingerprint density at radius 1 is 1.21 bits per heavy atom. The van der Waals surface area contributed by atoms with Crippen molar-refractivity contribution in [3.05, 3.63) is 64.9 Å². The molecule has 0 saturated heterocycles. The van der Waals surface area contributed by atoms with Gasteiger partial charge in [0.05, 0.1) is 5.56 Å². The Bertz CT molecular complexity index is 835. The van der Waals surface area contributed by atoms with Gasteiger partial charge in [-0.1, -0.05) is 29.8 Å². The maximum atomic E-state index is 12.4. The van der Waals surface area contributed by atoms with Crippen molar-refractivity contribution >= 4 is 29.4 Å². The number of hydrogen-bond donors (Lipinski definition) is 0. The van der Waals surface area contributed by atoms with Crippen LogP contribution in [0.5, 0.6) is 11.5 Å². The number of rotatable bonds is 3. The number of carbonyl (C=O) groups is 2. The van der Waals surface area contributed by atoms with Crippen LogP contribution in [0.1, 0.15) is 28.4 Å². The monoisotopic (exact) mass is 342 g/mol. The fourth-order valence-corrected chi connectivity index (χ4v) is 2.29. The molecule has 5 heteroatoms. The Kier molecular flexibility index (Phi) is 4.40. The smallest absolute Gasteiger partial charge is 0.329 e. The highest BCUT2D eigenvalue weighted by Gasteiger charge is 2.28. The lowest BCUT2D eigenvalue weighted by molar-refractivity contribution is -0.133. The number of carbonyl (C=O) groups excluding carboxylic acids is 2. The van der Waals surface area contributed by atoms with E-state index < -0.39 is 11.3 Å². The standard InChI is InChI=1S/C19H15ClO4/c1-11-3-5-13(6-4-11)9-17-18(21)15-8-7-14(10-16(15)24-17)23-19(22)12(2)20/h3-10,12H,1-2H3/b17-9-. The second kappa shape index (κ2) is 6.49. The summed E-state index contributed by atoms with van der Waals surface area (Å²) in [6.07, 6.45) is 1.69. The van der Waals surface area contributed by atoms with Crippen molar-refractivity contribution in [1.29, 1.82) is 0 Å². The van der Waals surface area contributed by atoms with Gasteiger partial charge in [-0.05, 0) is 37.6 Å². The molecule has 2 aromatic rings. The third kappa shape index (κ3) is 3.34. The largest absolute Gasteiger partial charge is 0.452 e. The summed E-state index contributed by atoms with van der Waals surface area (Å²) in [6.45, 7) is 3.52. The van der Waals surface area contributed by atoms with E-state index in [-0.39, 0.29) is 17.3 Å². The van der Waals surface area contributed by atoms with Crippen molar-refractivity contribution in [2.24, 2.45) is 0 Å². The lowest BCUT2D eigenvalue weighted by Crippen LogP contribution is -2.17. The van der Waals surface area contributed by atoms with E-state index in [0.717, 1.165) is 11.1 Å². The van der Waals surface area contributed by atoms with Crippen LogP contribution in [0, 0.1) is 6.92 Å². The van der Waals surface area contributed by atoms with Gasteiger partial charge in [-0.3, -0.25) is 9.59 Å². The molecule has 0 bridgehead atoms. The molecule has 0 aromatic heterocycles. The summed E-state index contributed by atoms with van der Waals surface area (Å²) in [5, 5.41) is -0.752. The molecular weight excluding hydrogens is 328 g/mol. The molecule has 3 rings (SSSR count). The van der Waals surface area contributed by atoms with Crippen LogP contribution in [0.2, 0.25) is 0 Å². The van der Waals surface area contributed by atoms with Gasteiger partial charge in [0, 0.05) is 6.07 Å². The molecule has 0 aliphatic carbocycles. The fraction of sp³-hybridized carbons (Fsp3) is 0.158. The summed E-state index contributed by atoms with van der Waals surface area (Å²) in [5.41, 5.74) is 2.45. The molecule has 0 saturated carbocycles. The lowest BCUT2D eigenvalue weighted by atomic mass is 10.1. The maximum absolute atomic E-state index is 12.4. The zero-order valence-electron chi connectivity index (χ0n) is 13.2. The number of halogens is 1. The molecule has 1 aliphatic rings. The number of fused-ring (bicyclic) bond motifs is 1. The van der Waals surface area contributed by atoms with Crippen LogP contribution in [0.25, 0.3) is 6.08 Å². The van der Waals surface area contributed by atoms with Crippen LogP contribution in [-0.4, -0.2) is 17.1 Å². The number of allylic oxidation sites excluding steroid dienone is 1. The van der Waals surface area contributed by atoms with Gasteiger partial charge < -0.3 is 9.47 Å². The number of ketones is 1. The molecule has 1 atom stereocenters. The average Bonchev–Trinajstić information content (AvgIpc) is 2.85. The predicted molar refractivity (Wildman–Crippen MR) is 91.5 cm³/mol. The van der Waals surface area contributed by atoms with Gasteiger partial charge in [-0.15, -0.1) is 11.6 Å². The van der Waals surface area contributed by atoms with Gasteiger partial charge in [0.1, 0.15) is 16.9 Å². The minimum atomic E-state index is -0.752. The van der Waals surface area contributed by atoms with E-state index >= 15 is 0 Å². The topological polar surface area (TPSA) is 52.6 Å². The lowest BCUT2D eigenvalue weighted by Gasteiger charge is -2.06. The Hall–Kier alpha value is -2.59. The van der Waals surface area contributed by atoms with Crippen LogP contribution in [0.4, 0.5) is 0 Å². The Morgan fingerprint density at radius 3 is 2.58 bits per heavy atom. The summed E-state index contributed by atoms with van der Waals surface area (Å²) in [6, 6.07) is 12.4. The van der Waals surface area contributed by atoms with E-state index in [2.05, 4.69) is 0 Å². The first kappa shape index (κ1) is 16.3. The van der Waals surface area contributed by atoms with Gasteiger partial charge >= 0.3 is 5.97 Å². The van der Waals surface area contributed by atoms with Gasteiger partial charge in [0.15, 0.2) is 5.76 Å². The second-order valence-corrected chi connectivity index (χ2v) is 6.20. The van der Waals surface area contributed by atoms with Crippen molar-refractivity contribution in [1.82, 2.24) is 0 Å². The van der Waals surface area contributed by atoms with Crippen molar-refractivity contribution in [3.63, 3.8) is 0 Å². The zero-order valence-corrected chi connectivity index (χ0v) is 14.0. The number of benzene rings is 2. The van der Waals surface area contributed by atoms with Crippen molar-refractivity contribution < 1.29 is 19.1 Å². The fourth-order valence-electron chi connectivity index (χ4n) is 2.24. The first-order valence-electron chi connectivity index (χ1n) is 7.45. The van der Waals surface area contributed by atoms with Crippen LogP contribution in [0.3, 0.4) is 0 Å². The van der Waals surface area contributed by atoms with Gasteiger partial charge in [-0.25, -0.2) is 0 Å². The zero-order chi connectivity index (χ0) is 17.3. The summed E-state index contributed by atoms with van der Waals surface area (Å²) >= 11 is 5.67. The van der Waals surface area contributed by atoms with Crippen LogP contribution in [0.15, 0.2) is 48.2 Å². The molecular formula is C19H15ClO4.